The first kappa shape index (κ1) is 106. The van der Waals surface area contributed by atoms with Crippen LogP contribution in [-0.2, 0) is 65.4 Å². The summed E-state index contributed by atoms with van der Waals surface area (Å²) in [5, 5.41) is 10.7. The highest BCUT2D eigenvalue weighted by atomic mass is 31.2. The number of phosphoric acid groups is 2. The van der Waals surface area contributed by atoms with Gasteiger partial charge in [0.15, 0.2) is 12.2 Å². The molecule has 0 saturated heterocycles. The third-order valence-corrected chi connectivity index (χ3v) is 22.9. The number of carbonyl (C=O) groups excluding carboxylic acids is 4. The second kappa shape index (κ2) is 81.6. The van der Waals surface area contributed by atoms with Crippen molar-refractivity contribution in [1.82, 2.24) is 0 Å². The normalized spacial score (nSPS) is 13.7. The van der Waals surface area contributed by atoms with Crippen LogP contribution in [0.3, 0.4) is 0 Å². The van der Waals surface area contributed by atoms with E-state index in [0.29, 0.717) is 25.7 Å². The van der Waals surface area contributed by atoms with Crippen molar-refractivity contribution in [3.63, 3.8) is 0 Å². The Labute approximate surface area is 664 Å². The largest absolute Gasteiger partial charge is 0.472 e. The summed E-state index contributed by atoms with van der Waals surface area (Å²) in [5.41, 5.74) is 0. The standard InChI is InChI=1S/C89H174O17P2/c1-6-9-12-15-18-21-23-25-27-29-31-33-35-37-41-45-49-54-59-64-69-74-89(94)106-85(79-100-87(92)73-68-63-58-53-48-44-40-36-34-32-30-28-26-24-22-19-16-13-10-7-2)81-104-108(97,98)102-77-83(90)76-101-107(95,96)103-80-84(78-99-86(91)72-67-62-57-51-20-17-14-11-8-3)105-88(93)75-70-65-60-55-50-46-42-38-39-43-47-52-56-61-66-71-82(4)5/h82-85,90H,6-81H2,1-5H3,(H,95,96)(H,97,98)/t83-,84+,85+/m0/s1. The Kier molecular flexibility index (Phi) is 80.2. The van der Waals surface area contributed by atoms with Gasteiger partial charge in [0.05, 0.1) is 26.4 Å². The van der Waals surface area contributed by atoms with Crippen LogP contribution in [0.1, 0.15) is 484 Å². The van der Waals surface area contributed by atoms with Crippen molar-refractivity contribution >= 4 is 39.5 Å². The van der Waals surface area contributed by atoms with Crippen LogP contribution in [-0.4, -0.2) is 96.7 Å². The molecule has 0 aliphatic carbocycles. The van der Waals surface area contributed by atoms with E-state index in [1.807, 2.05) is 0 Å². The van der Waals surface area contributed by atoms with Gasteiger partial charge in [0.25, 0.3) is 0 Å². The number of hydrogen-bond donors (Lipinski definition) is 3. The molecule has 0 saturated carbocycles. The highest BCUT2D eigenvalue weighted by molar-refractivity contribution is 7.47. The summed E-state index contributed by atoms with van der Waals surface area (Å²) in [7, 11) is -9.93. The van der Waals surface area contributed by atoms with Crippen molar-refractivity contribution in [3.8, 4) is 0 Å². The van der Waals surface area contributed by atoms with E-state index in [1.54, 1.807) is 0 Å². The van der Waals surface area contributed by atoms with E-state index < -0.39 is 97.5 Å². The van der Waals surface area contributed by atoms with Gasteiger partial charge in [-0.25, -0.2) is 9.13 Å². The number of aliphatic hydroxyl groups is 1. The van der Waals surface area contributed by atoms with E-state index in [-0.39, 0.29) is 25.7 Å². The van der Waals surface area contributed by atoms with E-state index in [2.05, 4.69) is 34.6 Å². The molecular formula is C89H174O17P2. The lowest BCUT2D eigenvalue weighted by Gasteiger charge is -2.21. The smallest absolute Gasteiger partial charge is 0.462 e. The minimum Gasteiger partial charge on any atom is -0.462 e. The van der Waals surface area contributed by atoms with Crippen LogP contribution in [0, 0.1) is 5.92 Å². The zero-order chi connectivity index (χ0) is 79.0. The van der Waals surface area contributed by atoms with Crippen LogP contribution in [0.5, 0.6) is 0 Å². The minimum atomic E-state index is -4.97. The lowest BCUT2D eigenvalue weighted by molar-refractivity contribution is -0.161. The topological polar surface area (TPSA) is 237 Å². The molecular weight excluding hydrogens is 1400 g/mol. The first-order valence-corrected chi connectivity index (χ1v) is 49.1. The first-order chi connectivity index (χ1) is 52.5. The molecule has 0 heterocycles. The first-order valence-electron chi connectivity index (χ1n) is 46.1. The van der Waals surface area contributed by atoms with Gasteiger partial charge in [0, 0.05) is 25.7 Å². The van der Waals surface area contributed by atoms with Crippen molar-refractivity contribution in [2.45, 2.75) is 502 Å². The summed E-state index contributed by atoms with van der Waals surface area (Å²) in [5.74, 6) is -1.30. The number of rotatable bonds is 89. The van der Waals surface area contributed by atoms with Gasteiger partial charge >= 0.3 is 39.5 Å². The molecule has 0 amide bonds. The summed E-state index contributed by atoms with van der Waals surface area (Å²) < 4.78 is 68.9. The SMILES string of the molecule is CCCCCCCCCCCCCCCCCCCCCCCC(=O)O[C@H](COC(=O)CCCCCCCCCCCCCCCCCCCCCC)COP(=O)(O)OC[C@@H](O)COP(=O)(O)OC[C@@H](COC(=O)CCCCCCCCCCC)OC(=O)CCCCCCCCCCCCCCCCCC(C)C. The van der Waals surface area contributed by atoms with Crippen LogP contribution >= 0.6 is 15.6 Å². The number of phosphoric ester groups is 2. The zero-order valence-corrected chi connectivity index (χ0v) is 72.8. The molecule has 19 heteroatoms. The highest BCUT2D eigenvalue weighted by Crippen LogP contribution is 2.45. The molecule has 17 nitrogen and oxygen atoms in total. The molecule has 0 aliphatic heterocycles. The Morgan fingerprint density at radius 3 is 0.630 bits per heavy atom. The van der Waals surface area contributed by atoms with Crippen LogP contribution in [0.15, 0.2) is 0 Å². The second-order valence-corrected chi connectivity index (χ2v) is 35.4. The summed E-state index contributed by atoms with van der Waals surface area (Å²) in [6.45, 7) is 7.39. The molecule has 0 rings (SSSR count). The molecule has 5 atom stereocenters. The quantitative estimate of drug-likeness (QED) is 0.0222. The summed E-state index contributed by atoms with van der Waals surface area (Å²) in [6.07, 6.45) is 76.6. The van der Waals surface area contributed by atoms with Gasteiger partial charge in [-0.15, -0.1) is 0 Å². The minimum absolute atomic E-state index is 0.108. The van der Waals surface area contributed by atoms with E-state index in [0.717, 1.165) is 95.8 Å². The maximum absolute atomic E-state index is 13.2. The summed E-state index contributed by atoms with van der Waals surface area (Å²) in [6, 6.07) is 0. The van der Waals surface area contributed by atoms with Crippen molar-refractivity contribution < 1.29 is 80.2 Å². The predicted molar refractivity (Wildman–Crippen MR) is 446 cm³/mol. The van der Waals surface area contributed by atoms with Crippen LogP contribution in [0.4, 0.5) is 0 Å². The monoisotopic (exact) mass is 1580 g/mol. The Balaban J connectivity index is 5.20. The molecule has 0 aromatic heterocycles. The van der Waals surface area contributed by atoms with Gasteiger partial charge in [-0.2, -0.15) is 0 Å². The fourth-order valence-electron chi connectivity index (χ4n) is 14.0. The average molecular weight is 1580 g/mol. The second-order valence-electron chi connectivity index (χ2n) is 32.5. The van der Waals surface area contributed by atoms with Crippen LogP contribution in [0.25, 0.3) is 0 Å². The fourth-order valence-corrected chi connectivity index (χ4v) is 15.6. The Bertz CT molecular complexity index is 2050. The molecule has 108 heavy (non-hydrogen) atoms. The maximum Gasteiger partial charge on any atom is 0.472 e. The van der Waals surface area contributed by atoms with E-state index in [9.17, 15) is 43.2 Å². The molecule has 0 spiro atoms. The number of aliphatic hydroxyl groups excluding tert-OH is 1. The van der Waals surface area contributed by atoms with Crippen molar-refractivity contribution in [3.05, 3.63) is 0 Å². The number of esters is 4. The van der Waals surface area contributed by atoms with Crippen molar-refractivity contribution in [2.24, 2.45) is 5.92 Å². The summed E-state index contributed by atoms with van der Waals surface area (Å²) in [4.78, 5) is 73.3. The number of carbonyl (C=O) groups is 4. The molecule has 0 fully saturated rings. The third kappa shape index (κ3) is 82.1. The van der Waals surface area contributed by atoms with Gasteiger partial charge in [-0.05, 0) is 31.6 Å². The molecule has 0 aromatic rings. The van der Waals surface area contributed by atoms with E-state index in [1.165, 1.54) is 308 Å². The van der Waals surface area contributed by atoms with Crippen LogP contribution < -0.4 is 0 Å². The number of ether oxygens (including phenoxy) is 4. The van der Waals surface area contributed by atoms with E-state index >= 15 is 0 Å². The van der Waals surface area contributed by atoms with Crippen molar-refractivity contribution in [2.75, 3.05) is 39.6 Å². The van der Waals surface area contributed by atoms with Crippen LogP contribution in [0.2, 0.25) is 0 Å². The molecule has 0 bridgehead atoms. The Hall–Kier alpha value is -1.94. The molecule has 0 aliphatic rings. The van der Waals surface area contributed by atoms with Gasteiger partial charge in [-0.1, -0.05) is 433 Å². The molecule has 0 aromatic carbocycles. The molecule has 3 N–H and O–H groups in total. The number of unbranched alkanes of at least 4 members (excludes halogenated alkanes) is 61. The molecule has 2 unspecified atom stereocenters. The van der Waals surface area contributed by atoms with Crippen molar-refractivity contribution in [1.29, 1.82) is 0 Å². The van der Waals surface area contributed by atoms with Gasteiger partial charge in [0.2, 0.25) is 0 Å². The van der Waals surface area contributed by atoms with Gasteiger partial charge in [0.1, 0.15) is 19.3 Å². The Morgan fingerprint density at radius 1 is 0.250 bits per heavy atom. The molecule has 642 valence electrons. The van der Waals surface area contributed by atoms with E-state index in [4.69, 9.17) is 37.0 Å². The summed E-state index contributed by atoms with van der Waals surface area (Å²) >= 11 is 0. The van der Waals surface area contributed by atoms with Gasteiger partial charge < -0.3 is 33.8 Å². The Morgan fingerprint density at radius 2 is 0.426 bits per heavy atom. The molecule has 0 radical (unpaired) electrons. The fraction of sp³-hybridized carbons (Fsp3) is 0.955. The van der Waals surface area contributed by atoms with Gasteiger partial charge in [-0.3, -0.25) is 37.3 Å². The zero-order valence-electron chi connectivity index (χ0n) is 71.0. The lowest BCUT2D eigenvalue weighted by Crippen LogP contribution is -2.30. The average Bonchev–Trinajstić information content (AvgIpc) is 0.903. The number of hydrogen-bond acceptors (Lipinski definition) is 15. The highest BCUT2D eigenvalue weighted by Gasteiger charge is 2.30. The predicted octanol–water partition coefficient (Wildman–Crippen LogP) is 27.5. The maximum atomic E-state index is 13.2. The third-order valence-electron chi connectivity index (χ3n) is 21.0. The lowest BCUT2D eigenvalue weighted by atomic mass is 10.0.